The highest BCUT2D eigenvalue weighted by molar-refractivity contribution is 7.89. The SMILES string of the molecule is Cn1ccnc1[C@@H](NC(=O)C1CCN(S(=O)(=O)c2ccccc2C#N)CC1)c1ccc(Cl)cc1. The minimum atomic E-state index is -3.81. The van der Waals surface area contributed by atoms with Crippen LogP contribution in [0.2, 0.25) is 5.02 Å². The largest absolute Gasteiger partial charge is 0.342 e. The third kappa shape index (κ3) is 4.85. The molecule has 2 aromatic carbocycles. The second kappa shape index (κ2) is 9.97. The summed E-state index contributed by atoms with van der Waals surface area (Å²) in [4.78, 5) is 17.6. The van der Waals surface area contributed by atoms with Crippen molar-refractivity contribution in [3.05, 3.63) is 82.9 Å². The molecule has 1 fully saturated rings. The lowest BCUT2D eigenvalue weighted by Gasteiger charge is -2.31. The number of hydrogen-bond acceptors (Lipinski definition) is 5. The number of carbonyl (C=O) groups is 1. The van der Waals surface area contributed by atoms with Gasteiger partial charge in [0, 0.05) is 43.5 Å². The molecular formula is C24H24ClN5O3S. The average Bonchev–Trinajstić information content (AvgIpc) is 3.28. The summed E-state index contributed by atoms with van der Waals surface area (Å²) in [6.45, 7) is 0.405. The molecule has 10 heteroatoms. The number of sulfonamides is 1. The van der Waals surface area contributed by atoms with E-state index in [4.69, 9.17) is 11.6 Å². The third-order valence-corrected chi connectivity index (χ3v) is 8.27. The zero-order chi connectivity index (χ0) is 24.3. The van der Waals surface area contributed by atoms with Crippen LogP contribution in [0.3, 0.4) is 0 Å². The number of halogens is 1. The quantitative estimate of drug-likeness (QED) is 0.562. The van der Waals surface area contributed by atoms with Gasteiger partial charge in [0.25, 0.3) is 0 Å². The zero-order valence-electron chi connectivity index (χ0n) is 18.6. The van der Waals surface area contributed by atoms with Crippen molar-refractivity contribution in [1.82, 2.24) is 19.2 Å². The fourth-order valence-electron chi connectivity index (χ4n) is 4.15. The van der Waals surface area contributed by atoms with Gasteiger partial charge in [-0.15, -0.1) is 0 Å². The first kappa shape index (κ1) is 24.0. The lowest BCUT2D eigenvalue weighted by atomic mass is 9.96. The lowest BCUT2D eigenvalue weighted by Crippen LogP contribution is -2.44. The molecule has 1 aliphatic heterocycles. The number of rotatable bonds is 6. The molecule has 0 bridgehead atoms. The molecule has 0 unspecified atom stereocenters. The number of carbonyl (C=O) groups excluding carboxylic acids is 1. The van der Waals surface area contributed by atoms with Gasteiger partial charge in [0.15, 0.2) is 0 Å². The van der Waals surface area contributed by atoms with Crippen molar-refractivity contribution in [3.8, 4) is 6.07 Å². The Morgan fingerprint density at radius 2 is 1.85 bits per heavy atom. The fraction of sp³-hybridized carbons (Fsp3) is 0.292. The monoisotopic (exact) mass is 497 g/mol. The van der Waals surface area contributed by atoms with Gasteiger partial charge in [0.1, 0.15) is 17.9 Å². The smallest absolute Gasteiger partial charge is 0.244 e. The van der Waals surface area contributed by atoms with Crippen molar-refractivity contribution >= 4 is 27.5 Å². The maximum Gasteiger partial charge on any atom is 0.244 e. The van der Waals surface area contributed by atoms with Crippen LogP contribution in [0.25, 0.3) is 0 Å². The number of nitrogens with zero attached hydrogens (tertiary/aromatic N) is 4. The molecule has 176 valence electrons. The van der Waals surface area contributed by atoms with Gasteiger partial charge in [-0.2, -0.15) is 9.57 Å². The van der Waals surface area contributed by atoms with Crippen LogP contribution in [-0.2, 0) is 21.9 Å². The molecule has 0 spiro atoms. The van der Waals surface area contributed by atoms with E-state index < -0.39 is 16.1 Å². The van der Waals surface area contributed by atoms with Crippen molar-refractivity contribution in [2.24, 2.45) is 13.0 Å². The van der Waals surface area contributed by atoms with Crippen LogP contribution in [0.4, 0.5) is 0 Å². The van der Waals surface area contributed by atoms with Gasteiger partial charge in [-0.1, -0.05) is 35.9 Å². The zero-order valence-corrected chi connectivity index (χ0v) is 20.1. The highest BCUT2D eigenvalue weighted by atomic mass is 35.5. The summed E-state index contributed by atoms with van der Waals surface area (Å²) in [6, 6.07) is 14.9. The van der Waals surface area contributed by atoms with Crippen LogP contribution in [0, 0.1) is 17.2 Å². The van der Waals surface area contributed by atoms with E-state index in [-0.39, 0.29) is 35.4 Å². The van der Waals surface area contributed by atoms with E-state index in [0.717, 1.165) is 5.56 Å². The van der Waals surface area contributed by atoms with Gasteiger partial charge in [-0.05, 0) is 42.7 Å². The molecule has 3 aromatic rings. The standard InChI is InChI=1S/C24H24ClN5O3S/c1-29-15-12-27-23(29)22(17-6-8-20(25)9-7-17)28-24(31)18-10-13-30(14-11-18)34(32,33)21-5-3-2-4-19(21)16-26/h2-9,12,15,18,22H,10-11,13-14H2,1H3,(H,28,31)/t22-/m0/s1. The molecule has 1 aromatic heterocycles. The van der Waals surface area contributed by atoms with Crippen LogP contribution in [-0.4, -0.2) is 41.3 Å². The molecule has 1 atom stereocenters. The Hall–Kier alpha value is -3.19. The Kier molecular flexibility index (Phi) is 7.03. The van der Waals surface area contributed by atoms with E-state index in [9.17, 15) is 18.5 Å². The van der Waals surface area contributed by atoms with Gasteiger partial charge < -0.3 is 9.88 Å². The Morgan fingerprint density at radius 3 is 2.47 bits per heavy atom. The van der Waals surface area contributed by atoms with Crippen molar-refractivity contribution in [2.75, 3.05) is 13.1 Å². The number of aromatic nitrogens is 2. The van der Waals surface area contributed by atoms with Gasteiger partial charge >= 0.3 is 0 Å². The van der Waals surface area contributed by atoms with Crippen LogP contribution in [0.5, 0.6) is 0 Å². The summed E-state index contributed by atoms with van der Waals surface area (Å²) in [5.74, 6) is 0.189. The number of imidazole rings is 1. The number of nitriles is 1. The Labute approximate surface area is 203 Å². The third-order valence-electron chi connectivity index (χ3n) is 6.06. The summed E-state index contributed by atoms with van der Waals surface area (Å²) >= 11 is 6.03. The predicted octanol–water partition coefficient (Wildman–Crippen LogP) is 3.25. The molecule has 0 saturated carbocycles. The molecule has 0 aliphatic carbocycles. The first-order valence-corrected chi connectivity index (χ1v) is 12.7. The first-order valence-electron chi connectivity index (χ1n) is 10.8. The van der Waals surface area contributed by atoms with Gasteiger partial charge in [-0.3, -0.25) is 4.79 Å². The minimum Gasteiger partial charge on any atom is -0.342 e. The Morgan fingerprint density at radius 1 is 1.18 bits per heavy atom. The molecule has 0 radical (unpaired) electrons. The van der Waals surface area contributed by atoms with Crippen molar-refractivity contribution < 1.29 is 13.2 Å². The van der Waals surface area contributed by atoms with Crippen LogP contribution in [0.1, 0.15) is 35.8 Å². The number of piperidine rings is 1. The van der Waals surface area contributed by atoms with Crippen LogP contribution < -0.4 is 5.32 Å². The molecule has 1 amide bonds. The van der Waals surface area contributed by atoms with E-state index >= 15 is 0 Å². The molecule has 1 saturated heterocycles. The maximum absolute atomic E-state index is 13.2. The van der Waals surface area contributed by atoms with E-state index in [1.165, 1.54) is 16.4 Å². The predicted molar refractivity (Wildman–Crippen MR) is 127 cm³/mol. The number of hydrogen-bond donors (Lipinski definition) is 1. The van der Waals surface area contributed by atoms with Gasteiger partial charge in [0.05, 0.1) is 10.5 Å². The van der Waals surface area contributed by atoms with Crippen molar-refractivity contribution in [3.63, 3.8) is 0 Å². The highest BCUT2D eigenvalue weighted by Gasteiger charge is 2.34. The van der Waals surface area contributed by atoms with Crippen LogP contribution in [0.15, 0.2) is 65.8 Å². The summed E-state index contributed by atoms with van der Waals surface area (Å²) < 4.78 is 29.4. The average molecular weight is 498 g/mol. The number of benzene rings is 2. The highest BCUT2D eigenvalue weighted by Crippen LogP contribution is 2.28. The second-order valence-corrected chi connectivity index (χ2v) is 10.5. The minimum absolute atomic E-state index is 0.00186. The Bertz CT molecular complexity index is 1320. The molecule has 1 N–H and O–H groups in total. The van der Waals surface area contributed by atoms with Crippen molar-refractivity contribution in [1.29, 1.82) is 5.26 Å². The molecular weight excluding hydrogens is 474 g/mol. The fourth-order valence-corrected chi connectivity index (χ4v) is 5.89. The van der Waals surface area contributed by atoms with E-state index in [1.54, 1.807) is 30.5 Å². The van der Waals surface area contributed by atoms with Crippen LogP contribution >= 0.6 is 11.6 Å². The number of aryl methyl sites for hydroxylation is 1. The molecule has 2 heterocycles. The maximum atomic E-state index is 13.2. The number of nitrogens with one attached hydrogen (secondary N) is 1. The summed E-state index contributed by atoms with van der Waals surface area (Å²) in [7, 11) is -1.95. The summed E-state index contributed by atoms with van der Waals surface area (Å²) in [5, 5.41) is 13.0. The molecule has 4 rings (SSSR count). The summed E-state index contributed by atoms with van der Waals surface area (Å²) in [5.41, 5.74) is 0.961. The lowest BCUT2D eigenvalue weighted by molar-refractivity contribution is -0.126. The van der Waals surface area contributed by atoms with E-state index in [1.807, 2.05) is 36.0 Å². The Balaban J connectivity index is 1.48. The number of amides is 1. The topological polar surface area (TPSA) is 108 Å². The normalized spacial score (nSPS) is 16.0. The van der Waals surface area contributed by atoms with E-state index in [0.29, 0.717) is 23.7 Å². The van der Waals surface area contributed by atoms with Gasteiger partial charge in [-0.25, -0.2) is 13.4 Å². The summed E-state index contributed by atoms with van der Waals surface area (Å²) in [6.07, 6.45) is 4.25. The second-order valence-electron chi connectivity index (χ2n) is 8.18. The first-order chi connectivity index (χ1) is 16.3. The van der Waals surface area contributed by atoms with Gasteiger partial charge in [0.2, 0.25) is 15.9 Å². The molecule has 8 nitrogen and oxygen atoms in total. The molecule has 1 aliphatic rings. The molecule has 34 heavy (non-hydrogen) atoms. The van der Waals surface area contributed by atoms with E-state index in [2.05, 4.69) is 10.3 Å². The van der Waals surface area contributed by atoms with Crippen molar-refractivity contribution in [2.45, 2.75) is 23.8 Å².